The van der Waals surface area contributed by atoms with Gasteiger partial charge in [0.05, 0.1) is 14.2 Å². The lowest BCUT2D eigenvalue weighted by atomic mass is 10.1. The van der Waals surface area contributed by atoms with Gasteiger partial charge in [0.25, 0.3) is 5.91 Å². The quantitative estimate of drug-likeness (QED) is 0.806. The van der Waals surface area contributed by atoms with Gasteiger partial charge in [-0.2, -0.15) is 0 Å². The maximum atomic E-state index is 11.9. The molecule has 2 N–H and O–H groups in total. The lowest BCUT2D eigenvalue weighted by Crippen LogP contribution is -2.16. The first-order valence-corrected chi connectivity index (χ1v) is 5.84. The van der Waals surface area contributed by atoms with Gasteiger partial charge >= 0.3 is 5.97 Å². The normalized spacial score (nSPS) is 11.4. The predicted octanol–water partition coefficient (Wildman–Crippen LogP) is 2.06. The van der Waals surface area contributed by atoms with Crippen molar-refractivity contribution in [3.63, 3.8) is 0 Å². The molecule has 0 atom stereocenters. The van der Waals surface area contributed by atoms with Crippen molar-refractivity contribution in [3.8, 4) is 11.5 Å². The van der Waals surface area contributed by atoms with E-state index in [1.165, 1.54) is 28.1 Å². The van der Waals surface area contributed by atoms with Crippen molar-refractivity contribution in [2.45, 2.75) is 13.8 Å². The van der Waals surface area contributed by atoms with Gasteiger partial charge in [-0.3, -0.25) is 4.79 Å². The molecule has 0 unspecified atom stereocenters. The third kappa shape index (κ3) is 3.50. The molecule has 0 radical (unpaired) electrons. The Bertz CT molecular complexity index is 563. The maximum Gasteiger partial charge on any atom is 0.331 e. The highest BCUT2D eigenvalue weighted by atomic mass is 16.5. The van der Waals surface area contributed by atoms with Crippen LogP contribution in [0.25, 0.3) is 0 Å². The predicted molar refractivity (Wildman–Crippen MR) is 74.2 cm³/mol. The van der Waals surface area contributed by atoms with E-state index in [0.717, 1.165) is 0 Å². The number of aliphatic carboxylic acids is 1. The van der Waals surface area contributed by atoms with Gasteiger partial charge in [-0.15, -0.1) is 0 Å². The Labute approximate surface area is 117 Å². The third-order valence-electron chi connectivity index (χ3n) is 2.87. The van der Waals surface area contributed by atoms with E-state index in [2.05, 4.69) is 5.32 Å². The number of benzene rings is 1. The standard InChI is InChI=1S/C14H17NO5/c1-8(9(2)14(17)18)13(16)15-10-5-6-11(19-3)12(7-10)20-4/h5-7H,1-4H3,(H,15,16)(H,17,18)/b9-8-. The van der Waals surface area contributed by atoms with Gasteiger partial charge in [0.1, 0.15) is 0 Å². The van der Waals surface area contributed by atoms with Crippen LogP contribution < -0.4 is 14.8 Å². The van der Waals surface area contributed by atoms with Gasteiger partial charge in [-0.1, -0.05) is 0 Å². The smallest absolute Gasteiger partial charge is 0.331 e. The maximum absolute atomic E-state index is 11.9. The molecule has 1 rings (SSSR count). The third-order valence-corrected chi connectivity index (χ3v) is 2.87. The van der Waals surface area contributed by atoms with Gasteiger partial charge in [0.15, 0.2) is 11.5 Å². The van der Waals surface area contributed by atoms with Gasteiger partial charge < -0.3 is 19.9 Å². The van der Waals surface area contributed by atoms with Crippen molar-refractivity contribution in [1.82, 2.24) is 0 Å². The van der Waals surface area contributed by atoms with E-state index in [1.807, 2.05) is 0 Å². The molecule has 20 heavy (non-hydrogen) atoms. The van der Waals surface area contributed by atoms with Crippen molar-refractivity contribution in [1.29, 1.82) is 0 Å². The van der Waals surface area contributed by atoms with Crippen LogP contribution in [-0.4, -0.2) is 31.2 Å². The zero-order valence-electron chi connectivity index (χ0n) is 11.8. The minimum atomic E-state index is -1.12. The van der Waals surface area contributed by atoms with Crippen LogP contribution in [0.4, 0.5) is 5.69 Å². The van der Waals surface area contributed by atoms with Crippen molar-refractivity contribution in [3.05, 3.63) is 29.3 Å². The fourth-order valence-corrected chi connectivity index (χ4v) is 1.47. The number of amides is 1. The lowest BCUT2D eigenvalue weighted by Gasteiger charge is -2.11. The van der Waals surface area contributed by atoms with Gasteiger partial charge in [0.2, 0.25) is 0 Å². The zero-order chi connectivity index (χ0) is 15.3. The molecule has 0 saturated heterocycles. The topological polar surface area (TPSA) is 84.9 Å². The number of nitrogens with one attached hydrogen (secondary N) is 1. The largest absolute Gasteiger partial charge is 0.493 e. The molecule has 0 bridgehead atoms. The molecule has 6 heteroatoms. The Morgan fingerprint density at radius 2 is 1.65 bits per heavy atom. The van der Waals surface area contributed by atoms with Crippen molar-refractivity contribution in [2.75, 3.05) is 19.5 Å². The Morgan fingerprint density at radius 1 is 1.05 bits per heavy atom. The van der Waals surface area contributed by atoms with Crippen molar-refractivity contribution < 1.29 is 24.2 Å². The van der Waals surface area contributed by atoms with E-state index < -0.39 is 11.9 Å². The van der Waals surface area contributed by atoms with E-state index in [-0.39, 0.29) is 11.1 Å². The number of rotatable bonds is 5. The van der Waals surface area contributed by atoms with Crippen LogP contribution in [-0.2, 0) is 9.59 Å². The number of carbonyl (C=O) groups is 2. The first-order valence-electron chi connectivity index (χ1n) is 5.84. The molecular formula is C14H17NO5. The molecule has 0 aliphatic heterocycles. The first-order chi connectivity index (χ1) is 9.40. The molecule has 0 aromatic heterocycles. The highest BCUT2D eigenvalue weighted by molar-refractivity contribution is 6.08. The summed E-state index contributed by atoms with van der Waals surface area (Å²) in [6, 6.07) is 4.89. The summed E-state index contributed by atoms with van der Waals surface area (Å²) in [5.74, 6) is -0.580. The number of carboxylic acid groups (broad SMARTS) is 1. The lowest BCUT2D eigenvalue weighted by molar-refractivity contribution is -0.133. The summed E-state index contributed by atoms with van der Waals surface area (Å²) in [4.78, 5) is 22.7. The average molecular weight is 279 g/mol. The molecule has 6 nitrogen and oxygen atoms in total. The Morgan fingerprint density at radius 3 is 2.15 bits per heavy atom. The van der Waals surface area contributed by atoms with E-state index in [4.69, 9.17) is 14.6 Å². The molecule has 1 amide bonds. The van der Waals surface area contributed by atoms with E-state index >= 15 is 0 Å². The molecule has 1 aromatic rings. The Kier molecular flexibility index (Phi) is 5.14. The van der Waals surface area contributed by atoms with E-state index in [1.54, 1.807) is 18.2 Å². The summed E-state index contributed by atoms with van der Waals surface area (Å²) < 4.78 is 10.2. The molecule has 0 aliphatic rings. The minimum absolute atomic E-state index is 0.00276. The van der Waals surface area contributed by atoms with Crippen LogP contribution in [0.15, 0.2) is 29.3 Å². The molecule has 0 aliphatic carbocycles. The number of anilines is 1. The summed E-state index contributed by atoms with van der Waals surface area (Å²) in [5, 5.41) is 11.5. The van der Waals surface area contributed by atoms with Crippen molar-refractivity contribution in [2.24, 2.45) is 0 Å². The number of carboxylic acids is 1. The number of methoxy groups -OCH3 is 2. The zero-order valence-corrected chi connectivity index (χ0v) is 11.8. The van der Waals surface area contributed by atoms with Gasteiger partial charge in [-0.05, 0) is 26.0 Å². The Hall–Kier alpha value is -2.50. The van der Waals surface area contributed by atoms with Gasteiger partial charge in [-0.25, -0.2) is 4.79 Å². The number of carbonyl (C=O) groups excluding carboxylic acids is 1. The second kappa shape index (κ2) is 6.60. The minimum Gasteiger partial charge on any atom is -0.493 e. The summed E-state index contributed by atoms with van der Waals surface area (Å²) in [6.07, 6.45) is 0. The SMILES string of the molecule is COc1ccc(NC(=O)/C(C)=C(/C)C(=O)O)cc1OC. The molecule has 108 valence electrons. The molecular weight excluding hydrogens is 262 g/mol. The fourth-order valence-electron chi connectivity index (χ4n) is 1.47. The molecule has 0 fully saturated rings. The fraction of sp³-hybridized carbons (Fsp3) is 0.286. The highest BCUT2D eigenvalue weighted by Crippen LogP contribution is 2.29. The van der Waals surface area contributed by atoms with E-state index in [0.29, 0.717) is 17.2 Å². The highest BCUT2D eigenvalue weighted by Gasteiger charge is 2.13. The van der Waals surface area contributed by atoms with Crippen LogP contribution >= 0.6 is 0 Å². The van der Waals surface area contributed by atoms with Crippen LogP contribution in [0, 0.1) is 0 Å². The second-order valence-electron chi connectivity index (χ2n) is 4.08. The Balaban J connectivity index is 2.97. The van der Waals surface area contributed by atoms with Crippen LogP contribution in [0.5, 0.6) is 11.5 Å². The molecule has 0 spiro atoms. The molecule has 0 saturated carbocycles. The van der Waals surface area contributed by atoms with Gasteiger partial charge in [0, 0.05) is 22.9 Å². The number of ether oxygens (including phenoxy) is 2. The van der Waals surface area contributed by atoms with Crippen LogP contribution in [0.3, 0.4) is 0 Å². The van der Waals surface area contributed by atoms with E-state index in [9.17, 15) is 9.59 Å². The van der Waals surface area contributed by atoms with Crippen LogP contribution in [0.2, 0.25) is 0 Å². The summed E-state index contributed by atoms with van der Waals surface area (Å²) in [6.45, 7) is 2.84. The summed E-state index contributed by atoms with van der Waals surface area (Å²) in [7, 11) is 3.00. The molecule has 0 heterocycles. The second-order valence-corrected chi connectivity index (χ2v) is 4.08. The number of hydrogen-bond acceptors (Lipinski definition) is 4. The number of hydrogen-bond donors (Lipinski definition) is 2. The average Bonchev–Trinajstić information content (AvgIpc) is 2.45. The summed E-state index contributed by atoms with van der Waals surface area (Å²) >= 11 is 0. The van der Waals surface area contributed by atoms with Crippen LogP contribution in [0.1, 0.15) is 13.8 Å². The summed E-state index contributed by atoms with van der Waals surface area (Å²) in [5.41, 5.74) is 0.639. The van der Waals surface area contributed by atoms with Crippen molar-refractivity contribution >= 4 is 17.6 Å². The monoisotopic (exact) mass is 279 g/mol. The first kappa shape index (κ1) is 15.6. The molecule has 1 aromatic carbocycles.